The predicted molar refractivity (Wildman–Crippen MR) is 35.0 cm³/mol. The molecule has 0 unspecified atom stereocenters. The lowest BCUT2D eigenvalue weighted by Gasteiger charge is -1.87. The quantitative estimate of drug-likeness (QED) is 0.381. The summed E-state index contributed by atoms with van der Waals surface area (Å²) in [5, 5.41) is 11.2. The van der Waals surface area contributed by atoms with Crippen LogP contribution in [0.5, 0.6) is 0 Å². The lowest BCUT2D eigenvalue weighted by molar-refractivity contribution is -0.129. The van der Waals surface area contributed by atoms with Gasteiger partial charge in [0.25, 0.3) is 0 Å². The van der Waals surface area contributed by atoms with E-state index in [4.69, 9.17) is 5.11 Å². The Balaban J connectivity index is -0.000000245. The normalized spacial score (nSPS) is 8.80. The Bertz CT molecular complexity index is 121. The number of carboxylic acids is 1. The Morgan fingerprint density at radius 1 is 1.50 bits per heavy atom. The van der Waals surface area contributed by atoms with Crippen LogP contribution in [0.25, 0.3) is 0 Å². The van der Waals surface area contributed by atoms with Gasteiger partial charge in [-0.25, -0.2) is 4.79 Å². The van der Waals surface area contributed by atoms with Crippen molar-refractivity contribution in [3.63, 3.8) is 0 Å². The maximum absolute atomic E-state index is 9.88. The highest BCUT2D eigenvalue weighted by atomic mass is 16.6. The first-order valence-corrected chi connectivity index (χ1v) is 1.99. The maximum atomic E-state index is 9.88. The molecule has 0 aromatic heterocycles. The minimum absolute atomic E-state index is 0. The standard InChI is InChI=1S/C4H7NO3.2H2O/c1-3(4(6)7)5-8-2;;/h1-2H3,(H,6,7);2*1H2. The van der Waals surface area contributed by atoms with Crippen LogP contribution in [0.15, 0.2) is 5.16 Å². The number of rotatable bonds is 2. The molecule has 10 heavy (non-hydrogen) atoms. The zero-order valence-electron chi connectivity index (χ0n) is 5.71. The number of nitrogens with zero attached hydrogens (tertiary/aromatic N) is 1. The topological polar surface area (TPSA) is 122 Å². The van der Waals surface area contributed by atoms with E-state index in [1.807, 2.05) is 0 Å². The SMILES string of the molecule is CON=C(C)C(=O)O.O.O. The molecule has 0 rings (SSSR count). The molecule has 0 aromatic rings. The zero-order chi connectivity index (χ0) is 6.57. The first-order valence-electron chi connectivity index (χ1n) is 1.99. The number of hydrogen-bond acceptors (Lipinski definition) is 3. The van der Waals surface area contributed by atoms with Crippen molar-refractivity contribution in [3.05, 3.63) is 0 Å². The first-order chi connectivity index (χ1) is 3.68. The van der Waals surface area contributed by atoms with Gasteiger partial charge < -0.3 is 20.9 Å². The summed E-state index contributed by atoms with van der Waals surface area (Å²) in [6.45, 7) is 1.35. The van der Waals surface area contributed by atoms with Gasteiger partial charge in [-0.1, -0.05) is 5.16 Å². The average molecular weight is 153 g/mol. The molecule has 6 nitrogen and oxygen atoms in total. The van der Waals surface area contributed by atoms with E-state index in [1.165, 1.54) is 14.0 Å². The lowest BCUT2D eigenvalue weighted by Crippen LogP contribution is -2.07. The van der Waals surface area contributed by atoms with Crippen LogP contribution in [0, 0.1) is 0 Å². The van der Waals surface area contributed by atoms with Crippen molar-refractivity contribution >= 4 is 11.7 Å². The highest BCUT2D eigenvalue weighted by Gasteiger charge is 1.99. The molecule has 0 spiro atoms. The fourth-order valence-corrected chi connectivity index (χ4v) is 0.176. The van der Waals surface area contributed by atoms with Crippen LogP contribution in [0.3, 0.4) is 0 Å². The molecule has 0 aromatic carbocycles. The third-order valence-corrected chi connectivity index (χ3v) is 0.538. The minimum Gasteiger partial charge on any atom is -0.477 e. The van der Waals surface area contributed by atoms with Crippen LogP contribution in [0.1, 0.15) is 6.92 Å². The number of carbonyl (C=O) groups is 1. The molecular formula is C4H11NO5. The van der Waals surface area contributed by atoms with Gasteiger partial charge in [0.2, 0.25) is 0 Å². The minimum atomic E-state index is -1.06. The van der Waals surface area contributed by atoms with Crippen molar-refractivity contribution in [1.82, 2.24) is 0 Å². The van der Waals surface area contributed by atoms with Crippen LogP contribution < -0.4 is 0 Å². The maximum Gasteiger partial charge on any atom is 0.353 e. The third kappa shape index (κ3) is 6.86. The first kappa shape index (κ1) is 15.9. The van der Waals surface area contributed by atoms with Gasteiger partial charge in [-0.3, -0.25) is 0 Å². The van der Waals surface area contributed by atoms with Gasteiger partial charge in [-0.15, -0.1) is 0 Å². The van der Waals surface area contributed by atoms with Gasteiger partial charge in [0.1, 0.15) is 7.11 Å². The third-order valence-electron chi connectivity index (χ3n) is 0.538. The van der Waals surface area contributed by atoms with Gasteiger partial charge in [-0.05, 0) is 6.92 Å². The van der Waals surface area contributed by atoms with Crippen molar-refractivity contribution in [2.24, 2.45) is 5.16 Å². The van der Waals surface area contributed by atoms with Crippen LogP contribution in [-0.4, -0.2) is 34.8 Å². The molecule has 0 bridgehead atoms. The van der Waals surface area contributed by atoms with Crippen LogP contribution in [-0.2, 0) is 9.63 Å². The summed E-state index contributed by atoms with van der Waals surface area (Å²) < 4.78 is 0. The summed E-state index contributed by atoms with van der Waals surface area (Å²) in [6, 6.07) is 0. The molecule has 0 aliphatic rings. The zero-order valence-corrected chi connectivity index (χ0v) is 5.71. The number of hydrogen-bond donors (Lipinski definition) is 1. The molecule has 6 heteroatoms. The van der Waals surface area contributed by atoms with Crippen molar-refractivity contribution in [3.8, 4) is 0 Å². The molecule has 0 atom stereocenters. The fraction of sp³-hybridized carbons (Fsp3) is 0.500. The van der Waals surface area contributed by atoms with E-state index >= 15 is 0 Å². The van der Waals surface area contributed by atoms with E-state index in [0.29, 0.717) is 0 Å². The molecule has 0 aliphatic heterocycles. The summed E-state index contributed by atoms with van der Waals surface area (Å²) in [4.78, 5) is 14.1. The summed E-state index contributed by atoms with van der Waals surface area (Å²) in [5.74, 6) is -1.06. The summed E-state index contributed by atoms with van der Waals surface area (Å²) in [7, 11) is 1.30. The Kier molecular flexibility index (Phi) is 12.5. The highest BCUT2D eigenvalue weighted by Crippen LogP contribution is 1.75. The summed E-state index contributed by atoms with van der Waals surface area (Å²) >= 11 is 0. The van der Waals surface area contributed by atoms with Gasteiger partial charge in [0.05, 0.1) is 0 Å². The van der Waals surface area contributed by atoms with Crippen LogP contribution in [0.4, 0.5) is 0 Å². The van der Waals surface area contributed by atoms with Crippen molar-refractivity contribution in [2.75, 3.05) is 7.11 Å². The van der Waals surface area contributed by atoms with E-state index in [9.17, 15) is 4.79 Å². The Morgan fingerprint density at radius 2 is 1.90 bits per heavy atom. The second-order valence-electron chi connectivity index (χ2n) is 1.16. The average Bonchev–Trinajstić information content (AvgIpc) is 1.67. The molecular weight excluding hydrogens is 142 g/mol. The van der Waals surface area contributed by atoms with Gasteiger partial charge >= 0.3 is 5.97 Å². The smallest absolute Gasteiger partial charge is 0.353 e. The monoisotopic (exact) mass is 153 g/mol. The van der Waals surface area contributed by atoms with Crippen LogP contribution in [0.2, 0.25) is 0 Å². The van der Waals surface area contributed by atoms with E-state index in [1.54, 1.807) is 0 Å². The Hall–Kier alpha value is -1.14. The van der Waals surface area contributed by atoms with Crippen LogP contribution >= 0.6 is 0 Å². The highest BCUT2D eigenvalue weighted by molar-refractivity contribution is 6.34. The predicted octanol–water partition coefficient (Wildman–Crippen LogP) is -1.56. The van der Waals surface area contributed by atoms with E-state index in [-0.39, 0.29) is 16.7 Å². The molecule has 0 amide bonds. The Labute approximate surface area is 57.7 Å². The van der Waals surface area contributed by atoms with E-state index in [0.717, 1.165) is 0 Å². The number of oxime groups is 1. The van der Waals surface area contributed by atoms with Gasteiger partial charge in [-0.2, -0.15) is 0 Å². The van der Waals surface area contributed by atoms with Crippen molar-refractivity contribution in [1.29, 1.82) is 0 Å². The fourth-order valence-electron chi connectivity index (χ4n) is 0.176. The molecule has 0 saturated carbocycles. The molecule has 0 radical (unpaired) electrons. The molecule has 0 saturated heterocycles. The van der Waals surface area contributed by atoms with Crippen molar-refractivity contribution < 1.29 is 25.7 Å². The van der Waals surface area contributed by atoms with E-state index < -0.39 is 5.97 Å². The lowest BCUT2D eigenvalue weighted by atomic mass is 10.4. The summed E-state index contributed by atoms with van der Waals surface area (Å²) in [5.41, 5.74) is -0.0486. The molecule has 5 N–H and O–H groups in total. The largest absolute Gasteiger partial charge is 0.477 e. The van der Waals surface area contributed by atoms with Gasteiger partial charge in [0, 0.05) is 0 Å². The second kappa shape index (κ2) is 7.86. The van der Waals surface area contributed by atoms with Gasteiger partial charge in [0.15, 0.2) is 5.71 Å². The Morgan fingerprint density at radius 3 is 2.00 bits per heavy atom. The number of carboxylic acid groups (broad SMARTS) is 1. The van der Waals surface area contributed by atoms with Crippen molar-refractivity contribution in [2.45, 2.75) is 6.92 Å². The molecule has 0 fully saturated rings. The number of aliphatic carboxylic acids is 1. The molecule has 62 valence electrons. The molecule has 0 aliphatic carbocycles. The summed E-state index contributed by atoms with van der Waals surface area (Å²) in [6.07, 6.45) is 0. The second-order valence-corrected chi connectivity index (χ2v) is 1.16. The molecule has 0 heterocycles. The van der Waals surface area contributed by atoms with E-state index in [2.05, 4.69) is 9.99 Å².